The third kappa shape index (κ3) is 2.35. The normalized spacial score (nSPS) is 12.4. The Hall–Kier alpha value is -2.76. The molecule has 0 aliphatic rings. The van der Waals surface area contributed by atoms with Crippen LogP contribution in [-0.2, 0) is 4.79 Å². The lowest BCUT2D eigenvalue weighted by Gasteiger charge is -2.13. The van der Waals surface area contributed by atoms with Crippen LogP contribution in [0.1, 0.15) is 23.6 Å². The van der Waals surface area contributed by atoms with Crippen molar-refractivity contribution in [3.05, 3.63) is 54.2 Å². The zero-order chi connectivity index (χ0) is 13.9. The van der Waals surface area contributed by atoms with Gasteiger partial charge in [-0.1, -0.05) is 6.07 Å². The van der Waals surface area contributed by atoms with E-state index in [1.165, 1.54) is 6.39 Å². The molecular weight excluding hydrogens is 258 g/mol. The molecular formula is C14H11N3O3. The molecule has 6 heteroatoms. The molecule has 0 saturated carbocycles. The van der Waals surface area contributed by atoms with Gasteiger partial charge in [-0.3, -0.25) is 4.79 Å². The first-order chi connectivity index (χ1) is 9.74. The molecule has 20 heavy (non-hydrogen) atoms. The molecule has 0 spiro atoms. The first-order valence-electron chi connectivity index (χ1n) is 6.06. The van der Waals surface area contributed by atoms with Gasteiger partial charge in [0.2, 0.25) is 0 Å². The largest absolute Gasteiger partial charge is 0.481 e. The second-order valence-corrected chi connectivity index (χ2v) is 4.38. The monoisotopic (exact) mass is 269 g/mol. The SMILES string of the molecule is O=C(O)CC(c1ccc2ncoc2c1)c1cccnn1. The number of aromatic nitrogens is 3. The molecule has 0 bridgehead atoms. The number of hydrogen-bond donors (Lipinski definition) is 1. The smallest absolute Gasteiger partial charge is 0.304 e. The molecule has 1 N–H and O–H groups in total. The Labute approximate surface area is 114 Å². The van der Waals surface area contributed by atoms with Crippen molar-refractivity contribution in [3.63, 3.8) is 0 Å². The van der Waals surface area contributed by atoms with Gasteiger partial charge < -0.3 is 9.52 Å². The fourth-order valence-corrected chi connectivity index (χ4v) is 2.16. The van der Waals surface area contributed by atoms with Crippen LogP contribution in [0.2, 0.25) is 0 Å². The zero-order valence-corrected chi connectivity index (χ0v) is 10.4. The molecule has 3 rings (SSSR count). The van der Waals surface area contributed by atoms with E-state index >= 15 is 0 Å². The molecule has 0 radical (unpaired) electrons. The van der Waals surface area contributed by atoms with Gasteiger partial charge in [-0.25, -0.2) is 4.98 Å². The minimum Gasteiger partial charge on any atom is -0.481 e. The van der Waals surface area contributed by atoms with E-state index in [9.17, 15) is 4.79 Å². The van der Waals surface area contributed by atoms with Crippen molar-refractivity contribution in [2.75, 3.05) is 0 Å². The van der Waals surface area contributed by atoms with Crippen LogP contribution in [0, 0.1) is 0 Å². The summed E-state index contributed by atoms with van der Waals surface area (Å²) < 4.78 is 5.25. The Bertz CT molecular complexity index is 740. The molecule has 0 saturated heterocycles. The Morgan fingerprint density at radius 2 is 2.25 bits per heavy atom. The minimum absolute atomic E-state index is 0.0572. The van der Waals surface area contributed by atoms with Crippen molar-refractivity contribution in [2.45, 2.75) is 12.3 Å². The second kappa shape index (κ2) is 5.08. The summed E-state index contributed by atoms with van der Waals surface area (Å²) in [6, 6.07) is 8.95. The number of rotatable bonds is 4. The number of carboxylic acid groups (broad SMARTS) is 1. The first-order valence-corrected chi connectivity index (χ1v) is 6.06. The predicted molar refractivity (Wildman–Crippen MR) is 70.1 cm³/mol. The first kappa shape index (κ1) is 12.3. The summed E-state index contributed by atoms with van der Waals surface area (Å²) in [4.78, 5) is 15.1. The van der Waals surface area contributed by atoms with Crippen LogP contribution in [0.15, 0.2) is 47.3 Å². The van der Waals surface area contributed by atoms with Gasteiger partial charge in [0, 0.05) is 12.1 Å². The number of fused-ring (bicyclic) bond motifs is 1. The molecule has 3 aromatic rings. The lowest BCUT2D eigenvalue weighted by molar-refractivity contribution is -0.137. The van der Waals surface area contributed by atoms with Crippen molar-refractivity contribution in [2.24, 2.45) is 0 Å². The third-order valence-electron chi connectivity index (χ3n) is 3.09. The molecule has 2 heterocycles. The summed E-state index contributed by atoms with van der Waals surface area (Å²) in [5.74, 6) is -1.26. The lowest BCUT2D eigenvalue weighted by Crippen LogP contribution is -2.10. The zero-order valence-electron chi connectivity index (χ0n) is 10.4. The lowest BCUT2D eigenvalue weighted by atomic mass is 9.92. The average molecular weight is 269 g/mol. The molecule has 2 aromatic heterocycles. The fraction of sp³-hybridized carbons (Fsp3) is 0.143. The van der Waals surface area contributed by atoms with Crippen LogP contribution in [0.5, 0.6) is 0 Å². The fourth-order valence-electron chi connectivity index (χ4n) is 2.16. The van der Waals surface area contributed by atoms with Crippen LogP contribution in [0.25, 0.3) is 11.1 Å². The van der Waals surface area contributed by atoms with Crippen molar-refractivity contribution >= 4 is 17.1 Å². The Morgan fingerprint density at radius 3 is 3.00 bits per heavy atom. The van der Waals surface area contributed by atoms with Crippen molar-refractivity contribution in [3.8, 4) is 0 Å². The van der Waals surface area contributed by atoms with E-state index in [0.29, 0.717) is 11.3 Å². The molecule has 0 aliphatic carbocycles. The molecule has 1 aromatic carbocycles. The summed E-state index contributed by atoms with van der Waals surface area (Å²) in [6.45, 7) is 0. The highest BCUT2D eigenvalue weighted by molar-refractivity contribution is 5.74. The van der Waals surface area contributed by atoms with Gasteiger partial charge in [-0.05, 0) is 29.8 Å². The van der Waals surface area contributed by atoms with Gasteiger partial charge in [-0.15, -0.1) is 0 Å². The maximum Gasteiger partial charge on any atom is 0.304 e. The Balaban J connectivity index is 2.06. The minimum atomic E-state index is -0.890. The highest BCUT2D eigenvalue weighted by atomic mass is 16.4. The van der Waals surface area contributed by atoms with Gasteiger partial charge in [0.1, 0.15) is 5.52 Å². The third-order valence-corrected chi connectivity index (χ3v) is 3.09. The summed E-state index contributed by atoms with van der Waals surface area (Å²) in [6.07, 6.45) is 2.86. The summed E-state index contributed by atoms with van der Waals surface area (Å²) in [5, 5.41) is 16.9. The molecule has 0 amide bonds. The topological polar surface area (TPSA) is 89.1 Å². The van der Waals surface area contributed by atoms with E-state index in [-0.39, 0.29) is 12.3 Å². The number of hydrogen-bond acceptors (Lipinski definition) is 5. The Kier molecular flexibility index (Phi) is 3.12. The van der Waals surface area contributed by atoms with Crippen LogP contribution in [-0.4, -0.2) is 26.3 Å². The molecule has 6 nitrogen and oxygen atoms in total. The van der Waals surface area contributed by atoms with E-state index < -0.39 is 5.97 Å². The quantitative estimate of drug-likeness (QED) is 0.781. The molecule has 0 aliphatic heterocycles. The summed E-state index contributed by atoms with van der Waals surface area (Å²) in [7, 11) is 0. The number of oxazole rings is 1. The van der Waals surface area contributed by atoms with Gasteiger partial charge in [0.25, 0.3) is 0 Å². The van der Waals surface area contributed by atoms with Gasteiger partial charge >= 0.3 is 5.97 Å². The molecule has 1 unspecified atom stereocenters. The van der Waals surface area contributed by atoms with Gasteiger partial charge in [0.05, 0.1) is 12.1 Å². The van der Waals surface area contributed by atoms with Crippen molar-refractivity contribution in [1.82, 2.24) is 15.2 Å². The van der Waals surface area contributed by atoms with E-state index in [1.807, 2.05) is 6.07 Å². The van der Waals surface area contributed by atoms with E-state index in [0.717, 1.165) is 11.1 Å². The van der Waals surface area contributed by atoms with Crippen LogP contribution >= 0.6 is 0 Å². The summed E-state index contributed by atoms with van der Waals surface area (Å²) >= 11 is 0. The van der Waals surface area contributed by atoms with Gasteiger partial charge in [-0.2, -0.15) is 10.2 Å². The maximum absolute atomic E-state index is 11.1. The van der Waals surface area contributed by atoms with Crippen LogP contribution in [0.4, 0.5) is 0 Å². The average Bonchev–Trinajstić information content (AvgIpc) is 2.93. The maximum atomic E-state index is 11.1. The molecule has 100 valence electrons. The number of nitrogens with zero attached hydrogens (tertiary/aromatic N) is 3. The number of aliphatic carboxylic acids is 1. The highest BCUT2D eigenvalue weighted by Gasteiger charge is 2.20. The predicted octanol–water partition coefficient (Wildman–Crippen LogP) is 2.22. The van der Waals surface area contributed by atoms with Gasteiger partial charge in [0.15, 0.2) is 12.0 Å². The van der Waals surface area contributed by atoms with Crippen LogP contribution in [0.3, 0.4) is 0 Å². The number of carbonyl (C=O) groups is 1. The second-order valence-electron chi connectivity index (χ2n) is 4.38. The Morgan fingerprint density at radius 1 is 1.35 bits per heavy atom. The van der Waals surface area contributed by atoms with E-state index in [1.54, 1.807) is 30.5 Å². The summed E-state index contributed by atoms with van der Waals surface area (Å²) in [5.41, 5.74) is 2.80. The molecule has 1 atom stereocenters. The van der Waals surface area contributed by atoms with Crippen molar-refractivity contribution < 1.29 is 14.3 Å². The number of carboxylic acids is 1. The standard InChI is InChI=1S/C14H11N3O3/c18-14(19)7-10(11-2-1-5-16-17-11)9-3-4-12-13(6-9)20-8-15-12/h1-6,8,10H,7H2,(H,18,19). The van der Waals surface area contributed by atoms with E-state index in [4.69, 9.17) is 9.52 Å². The van der Waals surface area contributed by atoms with Crippen molar-refractivity contribution in [1.29, 1.82) is 0 Å². The van der Waals surface area contributed by atoms with Crippen LogP contribution < -0.4 is 0 Å². The highest BCUT2D eigenvalue weighted by Crippen LogP contribution is 2.28. The number of benzene rings is 1. The molecule has 0 fully saturated rings. The van der Waals surface area contributed by atoms with E-state index in [2.05, 4.69) is 15.2 Å².